The molecule has 2 nitrogen and oxygen atoms in total. The van der Waals surface area contributed by atoms with Gasteiger partial charge in [-0.3, -0.25) is 4.79 Å². The van der Waals surface area contributed by atoms with Gasteiger partial charge in [0.2, 0.25) is 0 Å². The number of ether oxygens (including phenoxy) is 1. The van der Waals surface area contributed by atoms with Gasteiger partial charge in [-0.25, -0.2) is 4.39 Å². The average Bonchev–Trinajstić information content (AvgIpc) is 2.41. The molecule has 0 aliphatic rings. The zero-order chi connectivity index (χ0) is 14.5. The Balaban J connectivity index is 2.18. The third kappa shape index (κ3) is 3.60. The van der Waals surface area contributed by atoms with Crippen LogP contribution < -0.4 is 4.74 Å². The molecule has 0 N–H and O–H groups in total. The molecule has 2 aromatic carbocycles. The second-order valence-corrected chi connectivity index (χ2v) is 4.10. The van der Waals surface area contributed by atoms with Crippen LogP contribution >= 0.6 is 0 Å². The Hall–Kier alpha value is -2.30. The second kappa shape index (κ2) is 6.23. The molecule has 2 rings (SSSR count). The summed E-state index contributed by atoms with van der Waals surface area (Å²) >= 11 is 0. The highest BCUT2D eigenvalue weighted by Crippen LogP contribution is 2.22. The first-order valence-electron chi connectivity index (χ1n) is 5.88. The van der Waals surface area contributed by atoms with E-state index in [1.54, 1.807) is 6.07 Å². The average molecular weight is 280 g/mol. The molecule has 0 aliphatic heterocycles. The molecular formula is C15H11F3O2. The third-order valence-corrected chi connectivity index (χ3v) is 2.68. The monoisotopic (exact) mass is 280 g/mol. The van der Waals surface area contributed by atoms with Gasteiger partial charge in [0, 0.05) is 6.42 Å². The van der Waals surface area contributed by atoms with Gasteiger partial charge in [0.1, 0.15) is 11.6 Å². The molecule has 0 atom stereocenters. The smallest absolute Gasteiger partial charge is 0.387 e. The fraction of sp³-hybridized carbons (Fsp3) is 0.133. The van der Waals surface area contributed by atoms with Crippen molar-refractivity contribution in [3.05, 3.63) is 65.5 Å². The zero-order valence-corrected chi connectivity index (χ0v) is 10.4. The van der Waals surface area contributed by atoms with Crippen LogP contribution in [0.25, 0.3) is 0 Å². The number of hydrogen-bond donors (Lipinski definition) is 0. The largest absolute Gasteiger partial charge is 0.434 e. The van der Waals surface area contributed by atoms with E-state index in [0.29, 0.717) is 5.56 Å². The number of para-hydroxylation sites is 1. The molecule has 0 spiro atoms. The van der Waals surface area contributed by atoms with Crippen molar-refractivity contribution in [3.8, 4) is 5.75 Å². The lowest BCUT2D eigenvalue weighted by atomic mass is 10.0. The summed E-state index contributed by atoms with van der Waals surface area (Å²) in [6.07, 6.45) is -0.0100. The predicted molar refractivity (Wildman–Crippen MR) is 67.5 cm³/mol. The fourth-order valence-electron chi connectivity index (χ4n) is 1.78. The van der Waals surface area contributed by atoms with Crippen LogP contribution in [0.2, 0.25) is 0 Å². The van der Waals surface area contributed by atoms with Crippen molar-refractivity contribution in [2.24, 2.45) is 0 Å². The van der Waals surface area contributed by atoms with Crippen LogP contribution in [0, 0.1) is 5.82 Å². The summed E-state index contributed by atoms with van der Waals surface area (Å²) in [5.41, 5.74) is 0.681. The zero-order valence-electron chi connectivity index (χ0n) is 10.4. The van der Waals surface area contributed by atoms with E-state index in [9.17, 15) is 18.0 Å². The Morgan fingerprint density at radius 3 is 2.35 bits per heavy atom. The Kier molecular flexibility index (Phi) is 4.40. The normalized spacial score (nSPS) is 10.6. The second-order valence-electron chi connectivity index (χ2n) is 4.10. The van der Waals surface area contributed by atoms with E-state index in [1.807, 2.05) is 0 Å². The highest BCUT2D eigenvalue weighted by Gasteiger charge is 2.15. The van der Waals surface area contributed by atoms with Crippen molar-refractivity contribution in [1.82, 2.24) is 0 Å². The number of Topliss-reactive ketones (excluding diaryl/α,β-unsaturated/α-hetero) is 1. The maximum Gasteiger partial charge on any atom is 0.387 e. The first kappa shape index (κ1) is 14.1. The standard InChI is InChI=1S/C15H11F3O2/c16-11-7-5-10(6-8-11)9-13(19)12-3-1-2-4-14(12)20-15(17)18/h1-8,15H,9H2. The molecule has 0 bridgehead atoms. The predicted octanol–water partition coefficient (Wildman–Crippen LogP) is 3.85. The number of alkyl halides is 2. The van der Waals surface area contributed by atoms with Crippen molar-refractivity contribution < 1.29 is 22.7 Å². The highest BCUT2D eigenvalue weighted by molar-refractivity contribution is 5.99. The van der Waals surface area contributed by atoms with E-state index in [2.05, 4.69) is 4.74 Å². The number of rotatable bonds is 5. The molecule has 2 aromatic rings. The molecule has 104 valence electrons. The molecule has 0 saturated carbocycles. The lowest BCUT2D eigenvalue weighted by Gasteiger charge is -2.09. The molecule has 0 aliphatic carbocycles. The number of carbonyl (C=O) groups is 1. The summed E-state index contributed by atoms with van der Waals surface area (Å²) in [4.78, 5) is 12.1. The summed E-state index contributed by atoms with van der Waals surface area (Å²) in [6, 6.07) is 11.2. The van der Waals surface area contributed by atoms with Crippen LogP contribution in [0.1, 0.15) is 15.9 Å². The van der Waals surface area contributed by atoms with E-state index in [4.69, 9.17) is 0 Å². The number of halogens is 3. The SMILES string of the molecule is O=C(Cc1ccc(F)cc1)c1ccccc1OC(F)F. The third-order valence-electron chi connectivity index (χ3n) is 2.68. The summed E-state index contributed by atoms with van der Waals surface area (Å²) in [5, 5.41) is 0. The number of hydrogen-bond acceptors (Lipinski definition) is 2. The van der Waals surface area contributed by atoms with E-state index in [1.165, 1.54) is 42.5 Å². The van der Waals surface area contributed by atoms with Gasteiger partial charge in [0.05, 0.1) is 5.56 Å². The summed E-state index contributed by atoms with van der Waals surface area (Å²) < 4.78 is 41.6. The van der Waals surface area contributed by atoms with Crippen LogP contribution in [-0.2, 0) is 6.42 Å². The molecule has 0 heterocycles. The fourth-order valence-corrected chi connectivity index (χ4v) is 1.78. The van der Waals surface area contributed by atoms with Crippen LogP contribution in [0.3, 0.4) is 0 Å². The van der Waals surface area contributed by atoms with E-state index in [0.717, 1.165) is 0 Å². The minimum atomic E-state index is -2.99. The van der Waals surface area contributed by atoms with Gasteiger partial charge in [0.25, 0.3) is 0 Å². The number of benzene rings is 2. The lowest BCUT2D eigenvalue weighted by molar-refractivity contribution is -0.0501. The summed E-state index contributed by atoms with van der Waals surface area (Å²) in [7, 11) is 0. The first-order valence-corrected chi connectivity index (χ1v) is 5.88. The number of ketones is 1. The summed E-state index contributed by atoms with van der Waals surface area (Å²) in [5.74, 6) is -0.926. The number of carbonyl (C=O) groups excluding carboxylic acids is 1. The van der Waals surface area contributed by atoms with Crippen LogP contribution in [0.15, 0.2) is 48.5 Å². The minimum Gasteiger partial charge on any atom is -0.434 e. The molecule has 0 aromatic heterocycles. The quantitative estimate of drug-likeness (QED) is 0.777. The Morgan fingerprint density at radius 1 is 1.05 bits per heavy atom. The minimum absolute atomic E-state index is 0.0100. The van der Waals surface area contributed by atoms with Crippen LogP contribution in [-0.4, -0.2) is 12.4 Å². The molecule has 20 heavy (non-hydrogen) atoms. The Labute approximate surface area is 113 Å². The van der Waals surface area contributed by atoms with E-state index < -0.39 is 12.4 Å². The topological polar surface area (TPSA) is 26.3 Å². The van der Waals surface area contributed by atoms with E-state index >= 15 is 0 Å². The highest BCUT2D eigenvalue weighted by atomic mass is 19.3. The molecule has 0 amide bonds. The molecule has 0 fully saturated rings. The molecule has 0 saturated heterocycles. The van der Waals surface area contributed by atoms with Crippen molar-refractivity contribution in [2.45, 2.75) is 13.0 Å². The van der Waals surface area contributed by atoms with Gasteiger partial charge in [-0.15, -0.1) is 0 Å². The van der Waals surface area contributed by atoms with Crippen molar-refractivity contribution in [1.29, 1.82) is 0 Å². The molecule has 5 heteroatoms. The van der Waals surface area contributed by atoms with Gasteiger partial charge >= 0.3 is 6.61 Å². The Bertz CT molecular complexity index is 594. The molecule has 0 unspecified atom stereocenters. The van der Waals surface area contributed by atoms with Crippen LogP contribution in [0.4, 0.5) is 13.2 Å². The van der Waals surface area contributed by atoms with Gasteiger partial charge in [-0.05, 0) is 29.8 Å². The Morgan fingerprint density at radius 2 is 1.70 bits per heavy atom. The van der Waals surface area contributed by atoms with Crippen LogP contribution in [0.5, 0.6) is 5.75 Å². The lowest BCUT2D eigenvalue weighted by Crippen LogP contribution is -2.09. The van der Waals surface area contributed by atoms with Crippen molar-refractivity contribution >= 4 is 5.78 Å². The van der Waals surface area contributed by atoms with Crippen molar-refractivity contribution in [3.63, 3.8) is 0 Å². The first-order chi connectivity index (χ1) is 9.56. The van der Waals surface area contributed by atoms with Gasteiger partial charge in [-0.1, -0.05) is 24.3 Å². The van der Waals surface area contributed by atoms with E-state index in [-0.39, 0.29) is 23.5 Å². The van der Waals surface area contributed by atoms with Gasteiger partial charge in [-0.2, -0.15) is 8.78 Å². The molecule has 0 radical (unpaired) electrons. The van der Waals surface area contributed by atoms with Gasteiger partial charge < -0.3 is 4.74 Å². The maximum absolute atomic E-state index is 12.8. The summed E-state index contributed by atoms with van der Waals surface area (Å²) in [6.45, 7) is -2.99. The van der Waals surface area contributed by atoms with Crippen molar-refractivity contribution in [2.75, 3.05) is 0 Å². The molecular weight excluding hydrogens is 269 g/mol. The maximum atomic E-state index is 12.8. The van der Waals surface area contributed by atoms with Gasteiger partial charge in [0.15, 0.2) is 5.78 Å².